The van der Waals surface area contributed by atoms with E-state index in [0.29, 0.717) is 24.7 Å². The molecular weight excluding hydrogens is 292 g/mol. The van der Waals surface area contributed by atoms with E-state index < -0.39 is 6.04 Å². The van der Waals surface area contributed by atoms with Gasteiger partial charge < -0.3 is 20.5 Å². The lowest BCUT2D eigenvalue weighted by molar-refractivity contribution is -0.119. The zero-order valence-electron chi connectivity index (χ0n) is 13.0. The Morgan fingerprint density at radius 2 is 2.00 bits per heavy atom. The fraction of sp³-hybridized carbons (Fsp3) is 0.533. The molecule has 0 fully saturated rings. The zero-order chi connectivity index (χ0) is 15.2. The fourth-order valence-electron chi connectivity index (χ4n) is 1.52. The summed E-state index contributed by atoms with van der Waals surface area (Å²) in [6.45, 7) is 6.78. The molecule has 0 spiro atoms. The molecule has 21 heavy (non-hydrogen) atoms. The van der Waals surface area contributed by atoms with Crippen LogP contribution in [0.3, 0.4) is 0 Å². The Balaban J connectivity index is 0.00000400. The predicted molar refractivity (Wildman–Crippen MR) is 87.1 cm³/mol. The van der Waals surface area contributed by atoms with Crippen LogP contribution >= 0.6 is 12.4 Å². The maximum absolute atomic E-state index is 12.0. The Hall–Kier alpha value is -1.30. The number of ether oxygens (including phenoxy) is 2. The van der Waals surface area contributed by atoms with Crippen molar-refractivity contribution in [2.75, 3.05) is 25.6 Å². The van der Waals surface area contributed by atoms with Gasteiger partial charge in [0.1, 0.15) is 12.4 Å². The maximum atomic E-state index is 12.0. The van der Waals surface area contributed by atoms with Gasteiger partial charge in [0, 0.05) is 18.9 Å². The maximum Gasteiger partial charge on any atom is 0.241 e. The van der Waals surface area contributed by atoms with Crippen molar-refractivity contribution < 1.29 is 14.3 Å². The third kappa shape index (κ3) is 6.80. The molecule has 120 valence electrons. The summed E-state index contributed by atoms with van der Waals surface area (Å²) in [5.74, 6) is 0.482. The molecule has 0 unspecified atom stereocenters. The molecule has 1 amide bonds. The first-order chi connectivity index (χ1) is 9.34. The lowest BCUT2D eigenvalue weighted by Crippen LogP contribution is -2.45. The summed E-state index contributed by atoms with van der Waals surface area (Å²) in [4.78, 5) is 12.0. The number of halogens is 1. The second-order valence-corrected chi connectivity index (χ2v) is 5.70. The van der Waals surface area contributed by atoms with Crippen molar-refractivity contribution >= 4 is 24.0 Å². The Kier molecular flexibility index (Phi) is 8.32. The van der Waals surface area contributed by atoms with Crippen molar-refractivity contribution in [2.24, 2.45) is 11.1 Å². The fourth-order valence-corrected chi connectivity index (χ4v) is 1.52. The van der Waals surface area contributed by atoms with Crippen LogP contribution in [0.25, 0.3) is 0 Å². The molecule has 3 N–H and O–H groups in total. The molecule has 0 aliphatic rings. The van der Waals surface area contributed by atoms with Gasteiger partial charge in [-0.1, -0.05) is 26.8 Å². The Morgan fingerprint density at radius 3 is 2.57 bits per heavy atom. The van der Waals surface area contributed by atoms with Crippen LogP contribution in [0.2, 0.25) is 0 Å². The number of rotatable bonds is 6. The van der Waals surface area contributed by atoms with Crippen molar-refractivity contribution in [1.82, 2.24) is 0 Å². The number of carbonyl (C=O) groups excluding carboxylic acids is 1. The summed E-state index contributed by atoms with van der Waals surface area (Å²) in [5, 5.41) is 2.80. The number of benzene rings is 1. The van der Waals surface area contributed by atoms with E-state index in [-0.39, 0.29) is 23.7 Å². The topological polar surface area (TPSA) is 73.6 Å². The van der Waals surface area contributed by atoms with Crippen LogP contribution in [0.15, 0.2) is 24.3 Å². The standard InChI is InChI=1S/C15H24N2O3.ClH/c1-15(2,3)13(16)14(18)17-11-6-5-7-12(10-11)20-9-8-19-4;/h5-7,10,13H,8-9,16H2,1-4H3,(H,17,18);1H/t13-;/m1./s1. The summed E-state index contributed by atoms with van der Waals surface area (Å²) < 4.78 is 10.4. The van der Waals surface area contributed by atoms with Crippen LogP contribution < -0.4 is 15.8 Å². The summed E-state index contributed by atoms with van der Waals surface area (Å²) in [6.07, 6.45) is 0. The van der Waals surface area contributed by atoms with Crippen LogP contribution in [0.1, 0.15) is 20.8 Å². The molecule has 5 nitrogen and oxygen atoms in total. The molecule has 0 saturated carbocycles. The number of methoxy groups -OCH3 is 1. The van der Waals surface area contributed by atoms with E-state index in [1.807, 2.05) is 32.9 Å². The van der Waals surface area contributed by atoms with E-state index in [1.54, 1.807) is 19.2 Å². The monoisotopic (exact) mass is 316 g/mol. The molecule has 1 rings (SSSR count). The predicted octanol–water partition coefficient (Wildman–Crippen LogP) is 2.45. The minimum absolute atomic E-state index is 0. The number of nitrogens with one attached hydrogen (secondary N) is 1. The molecule has 1 aromatic carbocycles. The van der Waals surface area contributed by atoms with Crippen molar-refractivity contribution in [3.8, 4) is 5.75 Å². The average molecular weight is 317 g/mol. The first kappa shape index (κ1) is 19.7. The first-order valence-electron chi connectivity index (χ1n) is 6.63. The van der Waals surface area contributed by atoms with E-state index in [9.17, 15) is 4.79 Å². The van der Waals surface area contributed by atoms with E-state index in [4.69, 9.17) is 15.2 Å². The second kappa shape index (κ2) is 8.87. The minimum atomic E-state index is -0.569. The van der Waals surface area contributed by atoms with Crippen LogP contribution in [0, 0.1) is 5.41 Å². The average Bonchev–Trinajstić information content (AvgIpc) is 2.37. The van der Waals surface area contributed by atoms with Crippen LogP contribution in [0.4, 0.5) is 5.69 Å². The first-order valence-corrected chi connectivity index (χ1v) is 6.63. The van der Waals surface area contributed by atoms with Crippen molar-refractivity contribution in [3.05, 3.63) is 24.3 Å². The molecular formula is C15H25ClN2O3. The largest absolute Gasteiger partial charge is 0.491 e. The van der Waals surface area contributed by atoms with Gasteiger partial charge in [0.05, 0.1) is 12.6 Å². The highest BCUT2D eigenvalue weighted by molar-refractivity contribution is 5.95. The van der Waals surface area contributed by atoms with Crippen molar-refractivity contribution in [3.63, 3.8) is 0 Å². The quantitative estimate of drug-likeness (QED) is 0.791. The minimum Gasteiger partial charge on any atom is -0.491 e. The number of hydrogen-bond acceptors (Lipinski definition) is 4. The van der Waals surface area contributed by atoms with Crippen LogP contribution in [-0.2, 0) is 9.53 Å². The third-order valence-electron chi connectivity index (χ3n) is 2.87. The Bertz CT molecular complexity index is 447. The van der Waals surface area contributed by atoms with Gasteiger partial charge in [-0.15, -0.1) is 12.4 Å². The molecule has 1 aromatic rings. The number of amides is 1. The molecule has 0 saturated heterocycles. The van der Waals surface area contributed by atoms with Crippen LogP contribution in [0.5, 0.6) is 5.75 Å². The lowest BCUT2D eigenvalue weighted by atomic mass is 9.87. The van der Waals surface area contributed by atoms with Gasteiger partial charge in [-0.05, 0) is 17.5 Å². The molecule has 0 aromatic heterocycles. The van der Waals surface area contributed by atoms with Gasteiger partial charge in [0.25, 0.3) is 0 Å². The number of anilines is 1. The number of carbonyl (C=O) groups is 1. The molecule has 0 heterocycles. The zero-order valence-corrected chi connectivity index (χ0v) is 13.8. The van der Waals surface area contributed by atoms with Gasteiger partial charge >= 0.3 is 0 Å². The van der Waals surface area contributed by atoms with E-state index in [1.165, 1.54) is 0 Å². The summed E-state index contributed by atoms with van der Waals surface area (Å²) in [7, 11) is 1.62. The van der Waals surface area contributed by atoms with Crippen LogP contribution in [-0.4, -0.2) is 32.3 Å². The molecule has 6 heteroatoms. The van der Waals surface area contributed by atoms with Gasteiger partial charge in [-0.2, -0.15) is 0 Å². The highest BCUT2D eigenvalue weighted by atomic mass is 35.5. The van der Waals surface area contributed by atoms with Crippen molar-refractivity contribution in [1.29, 1.82) is 0 Å². The molecule has 0 radical (unpaired) electrons. The lowest BCUT2D eigenvalue weighted by Gasteiger charge is -2.25. The Labute approximate surface area is 132 Å². The number of hydrogen-bond donors (Lipinski definition) is 2. The second-order valence-electron chi connectivity index (χ2n) is 5.70. The highest BCUT2D eigenvalue weighted by Crippen LogP contribution is 2.21. The summed E-state index contributed by atoms with van der Waals surface area (Å²) in [6, 6.07) is 6.65. The Morgan fingerprint density at radius 1 is 1.33 bits per heavy atom. The molecule has 1 atom stereocenters. The molecule has 0 aliphatic carbocycles. The summed E-state index contributed by atoms with van der Waals surface area (Å²) in [5.41, 5.74) is 6.31. The van der Waals surface area contributed by atoms with E-state index >= 15 is 0 Å². The third-order valence-corrected chi connectivity index (χ3v) is 2.87. The van der Waals surface area contributed by atoms with Crippen molar-refractivity contribution in [2.45, 2.75) is 26.8 Å². The number of nitrogens with two attached hydrogens (primary N) is 1. The van der Waals surface area contributed by atoms with Gasteiger partial charge in [0.2, 0.25) is 5.91 Å². The van der Waals surface area contributed by atoms with Gasteiger partial charge in [-0.25, -0.2) is 0 Å². The van der Waals surface area contributed by atoms with Gasteiger partial charge in [-0.3, -0.25) is 4.79 Å². The summed E-state index contributed by atoms with van der Waals surface area (Å²) >= 11 is 0. The molecule has 0 bridgehead atoms. The van der Waals surface area contributed by atoms with E-state index in [0.717, 1.165) is 0 Å². The van der Waals surface area contributed by atoms with Gasteiger partial charge in [0.15, 0.2) is 0 Å². The normalized spacial score (nSPS) is 12.2. The SMILES string of the molecule is COCCOc1cccc(NC(=O)[C@@H](N)C(C)(C)C)c1.Cl. The van der Waals surface area contributed by atoms with E-state index in [2.05, 4.69) is 5.32 Å². The molecule has 0 aliphatic heterocycles. The smallest absolute Gasteiger partial charge is 0.241 e. The highest BCUT2D eigenvalue weighted by Gasteiger charge is 2.27.